The molecule has 0 amide bonds. The van der Waals surface area contributed by atoms with Crippen LogP contribution in [0.1, 0.15) is 63.5 Å². The van der Waals surface area contributed by atoms with Crippen molar-refractivity contribution in [3.8, 4) is 0 Å². The number of unbranched alkanes of at least 4 members (excludes halogenated alkanes) is 4. The lowest BCUT2D eigenvalue weighted by Crippen LogP contribution is -1.97. The number of hydrogen-bond donors (Lipinski definition) is 1. The molecule has 1 N–H and O–H groups in total. The SMILES string of the molecule is CCCCCc1ccc2n[nH]nc2c1CCCCC. The molecule has 104 valence electrons. The van der Waals surface area contributed by atoms with E-state index in [-0.39, 0.29) is 0 Å². The van der Waals surface area contributed by atoms with Crippen LogP contribution in [0.25, 0.3) is 11.0 Å². The summed E-state index contributed by atoms with van der Waals surface area (Å²) < 4.78 is 0. The van der Waals surface area contributed by atoms with E-state index in [9.17, 15) is 0 Å². The molecule has 0 bridgehead atoms. The van der Waals surface area contributed by atoms with Crippen molar-refractivity contribution in [3.05, 3.63) is 23.3 Å². The van der Waals surface area contributed by atoms with Gasteiger partial charge in [-0.2, -0.15) is 15.4 Å². The Labute approximate surface area is 115 Å². The molecule has 2 aromatic rings. The number of aromatic amines is 1. The molecule has 3 heteroatoms. The zero-order valence-electron chi connectivity index (χ0n) is 12.2. The Morgan fingerprint density at radius 3 is 2.37 bits per heavy atom. The number of hydrogen-bond acceptors (Lipinski definition) is 2. The molecule has 1 heterocycles. The Morgan fingerprint density at radius 2 is 1.63 bits per heavy atom. The van der Waals surface area contributed by atoms with Crippen LogP contribution in [0.5, 0.6) is 0 Å². The first kappa shape index (κ1) is 14.0. The minimum Gasteiger partial charge on any atom is -0.197 e. The van der Waals surface area contributed by atoms with E-state index in [1.807, 2.05) is 0 Å². The monoisotopic (exact) mass is 259 g/mol. The number of fused-ring (bicyclic) bond motifs is 1. The quantitative estimate of drug-likeness (QED) is 0.713. The lowest BCUT2D eigenvalue weighted by atomic mass is 9.96. The van der Waals surface area contributed by atoms with Crippen LogP contribution in [-0.2, 0) is 12.8 Å². The minimum absolute atomic E-state index is 1.01. The maximum atomic E-state index is 4.35. The maximum absolute atomic E-state index is 4.35. The lowest BCUT2D eigenvalue weighted by molar-refractivity contribution is 0.695. The molecule has 0 unspecified atom stereocenters. The van der Waals surface area contributed by atoms with Gasteiger partial charge in [-0.3, -0.25) is 0 Å². The van der Waals surface area contributed by atoms with Crippen LogP contribution in [0.4, 0.5) is 0 Å². The molecule has 0 radical (unpaired) electrons. The second-order valence-corrected chi connectivity index (χ2v) is 5.31. The van der Waals surface area contributed by atoms with Gasteiger partial charge in [-0.1, -0.05) is 45.6 Å². The van der Waals surface area contributed by atoms with Crippen LogP contribution in [0, 0.1) is 0 Å². The van der Waals surface area contributed by atoms with Crippen molar-refractivity contribution in [2.75, 3.05) is 0 Å². The molecule has 0 atom stereocenters. The number of H-pyrrole nitrogens is 1. The van der Waals surface area contributed by atoms with E-state index in [4.69, 9.17) is 0 Å². The number of aryl methyl sites for hydroxylation is 2. The van der Waals surface area contributed by atoms with Crippen molar-refractivity contribution in [1.29, 1.82) is 0 Å². The highest BCUT2D eigenvalue weighted by Gasteiger charge is 2.10. The molecule has 0 aliphatic heterocycles. The van der Waals surface area contributed by atoms with Crippen LogP contribution in [0.3, 0.4) is 0 Å². The van der Waals surface area contributed by atoms with Crippen LogP contribution in [-0.4, -0.2) is 15.4 Å². The molecule has 3 nitrogen and oxygen atoms in total. The fourth-order valence-corrected chi connectivity index (χ4v) is 2.64. The minimum atomic E-state index is 1.01. The fraction of sp³-hybridized carbons (Fsp3) is 0.625. The third-order valence-electron chi connectivity index (χ3n) is 3.77. The molecule has 0 aliphatic carbocycles. The predicted molar refractivity (Wildman–Crippen MR) is 80.3 cm³/mol. The van der Waals surface area contributed by atoms with Gasteiger partial charge in [0.1, 0.15) is 11.0 Å². The van der Waals surface area contributed by atoms with Gasteiger partial charge in [0.05, 0.1) is 0 Å². The topological polar surface area (TPSA) is 41.6 Å². The second kappa shape index (κ2) is 7.27. The van der Waals surface area contributed by atoms with Gasteiger partial charge in [0, 0.05) is 0 Å². The largest absolute Gasteiger partial charge is 0.197 e. The van der Waals surface area contributed by atoms with E-state index in [1.54, 1.807) is 0 Å². The average molecular weight is 259 g/mol. The zero-order chi connectivity index (χ0) is 13.5. The Morgan fingerprint density at radius 1 is 0.895 bits per heavy atom. The van der Waals surface area contributed by atoms with Crippen molar-refractivity contribution in [2.45, 2.75) is 65.2 Å². The summed E-state index contributed by atoms with van der Waals surface area (Å²) in [4.78, 5) is 0. The standard InChI is InChI=1S/C16H25N3/c1-3-5-7-9-13-11-12-15-16(18-19-17-15)14(13)10-8-6-4-2/h11-12H,3-10H2,1-2H3,(H,17,18,19). The average Bonchev–Trinajstić information content (AvgIpc) is 2.89. The molecule has 2 rings (SSSR count). The van der Waals surface area contributed by atoms with Crippen molar-refractivity contribution in [3.63, 3.8) is 0 Å². The van der Waals surface area contributed by atoms with E-state index >= 15 is 0 Å². The summed E-state index contributed by atoms with van der Waals surface area (Å²) in [5.41, 5.74) is 5.00. The Hall–Kier alpha value is -1.38. The van der Waals surface area contributed by atoms with E-state index < -0.39 is 0 Å². The van der Waals surface area contributed by atoms with Gasteiger partial charge >= 0.3 is 0 Å². The zero-order valence-corrected chi connectivity index (χ0v) is 12.2. The van der Waals surface area contributed by atoms with Crippen LogP contribution >= 0.6 is 0 Å². The fourth-order valence-electron chi connectivity index (χ4n) is 2.64. The third kappa shape index (κ3) is 3.55. The molecule has 0 saturated heterocycles. The summed E-state index contributed by atoms with van der Waals surface area (Å²) in [5, 5.41) is 11.3. The third-order valence-corrected chi connectivity index (χ3v) is 3.77. The van der Waals surface area contributed by atoms with E-state index in [2.05, 4.69) is 41.4 Å². The Bertz CT molecular complexity index is 502. The lowest BCUT2D eigenvalue weighted by Gasteiger charge is -2.09. The number of aromatic nitrogens is 3. The van der Waals surface area contributed by atoms with Gasteiger partial charge in [0.25, 0.3) is 0 Å². The summed E-state index contributed by atoms with van der Waals surface area (Å²) in [5.74, 6) is 0. The molecule has 1 aromatic carbocycles. The highest BCUT2D eigenvalue weighted by molar-refractivity contribution is 5.78. The van der Waals surface area contributed by atoms with Crippen LogP contribution in [0.15, 0.2) is 12.1 Å². The molecule has 0 saturated carbocycles. The molecule has 0 fully saturated rings. The molecule has 0 aliphatic rings. The summed E-state index contributed by atoms with van der Waals surface area (Å²) in [6.07, 6.45) is 9.99. The molecular weight excluding hydrogens is 234 g/mol. The van der Waals surface area contributed by atoms with Gasteiger partial charge < -0.3 is 0 Å². The van der Waals surface area contributed by atoms with Crippen molar-refractivity contribution >= 4 is 11.0 Å². The van der Waals surface area contributed by atoms with Crippen molar-refractivity contribution in [2.24, 2.45) is 0 Å². The number of rotatable bonds is 8. The highest BCUT2D eigenvalue weighted by Crippen LogP contribution is 2.23. The second-order valence-electron chi connectivity index (χ2n) is 5.31. The highest BCUT2D eigenvalue weighted by atomic mass is 15.3. The first-order valence-electron chi connectivity index (χ1n) is 7.68. The maximum Gasteiger partial charge on any atom is 0.116 e. The molecule has 1 aromatic heterocycles. The normalized spacial score (nSPS) is 11.3. The molecule has 0 spiro atoms. The van der Waals surface area contributed by atoms with Gasteiger partial charge in [0.15, 0.2) is 0 Å². The molecular formula is C16H25N3. The van der Waals surface area contributed by atoms with Gasteiger partial charge in [0.2, 0.25) is 0 Å². The van der Waals surface area contributed by atoms with Crippen molar-refractivity contribution < 1.29 is 0 Å². The van der Waals surface area contributed by atoms with E-state index in [1.165, 1.54) is 56.1 Å². The first-order chi connectivity index (χ1) is 9.36. The smallest absolute Gasteiger partial charge is 0.116 e. The summed E-state index contributed by atoms with van der Waals surface area (Å²) in [6.45, 7) is 4.50. The Kier molecular flexibility index (Phi) is 5.37. The predicted octanol–water partition coefficient (Wildman–Crippen LogP) is 4.42. The van der Waals surface area contributed by atoms with Gasteiger partial charge in [-0.05, 0) is 42.9 Å². The summed E-state index contributed by atoms with van der Waals surface area (Å²) in [6, 6.07) is 4.35. The van der Waals surface area contributed by atoms with E-state index in [0.717, 1.165) is 17.5 Å². The van der Waals surface area contributed by atoms with Crippen LogP contribution in [0.2, 0.25) is 0 Å². The van der Waals surface area contributed by atoms with Gasteiger partial charge in [-0.25, -0.2) is 0 Å². The van der Waals surface area contributed by atoms with E-state index in [0.29, 0.717) is 0 Å². The Balaban J connectivity index is 2.19. The van der Waals surface area contributed by atoms with Crippen LogP contribution < -0.4 is 0 Å². The van der Waals surface area contributed by atoms with Gasteiger partial charge in [-0.15, -0.1) is 0 Å². The number of nitrogens with one attached hydrogen (secondary N) is 1. The summed E-state index contributed by atoms with van der Waals surface area (Å²) in [7, 11) is 0. The molecule has 19 heavy (non-hydrogen) atoms. The number of benzene rings is 1. The first-order valence-corrected chi connectivity index (χ1v) is 7.68. The number of nitrogens with zero attached hydrogens (tertiary/aromatic N) is 2. The van der Waals surface area contributed by atoms with Crippen molar-refractivity contribution in [1.82, 2.24) is 15.4 Å². The summed E-state index contributed by atoms with van der Waals surface area (Å²) >= 11 is 0.